The van der Waals surface area contributed by atoms with Gasteiger partial charge in [0, 0.05) is 12.0 Å². The van der Waals surface area contributed by atoms with Crippen LogP contribution in [0.3, 0.4) is 0 Å². The molecular weight excluding hydrogens is 248 g/mol. The van der Waals surface area contributed by atoms with Crippen molar-refractivity contribution in [3.8, 4) is 5.75 Å². The SMILES string of the molecule is NC(=O)NC(=O)COc1ccc2c(c1)CCCC2=O. The molecule has 6 heteroatoms. The van der Waals surface area contributed by atoms with Crippen molar-refractivity contribution < 1.29 is 19.1 Å². The minimum Gasteiger partial charge on any atom is -0.484 e. The first-order valence-corrected chi connectivity index (χ1v) is 5.94. The number of urea groups is 1. The number of carbonyl (C=O) groups excluding carboxylic acids is 3. The highest BCUT2D eigenvalue weighted by Crippen LogP contribution is 2.25. The first-order chi connectivity index (χ1) is 9.06. The van der Waals surface area contributed by atoms with Gasteiger partial charge in [-0.05, 0) is 36.6 Å². The smallest absolute Gasteiger partial charge is 0.318 e. The Bertz CT molecular complexity index is 539. The van der Waals surface area contributed by atoms with Gasteiger partial charge in [0.15, 0.2) is 12.4 Å². The van der Waals surface area contributed by atoms with Crippen LogP contribution in [0.1, 0.15) is 28.8 Å². The van der Waals surface area contributed by atoms with Gasteiger partial charge in [-0.2, -0.15) is 0 Å². The molecule has 100 valence electrons. The zero-order valence-electron chi connectivity index (χ0n) is 10.3. The third-order valence-corrected chi connectivity index (χ3v) is 2.86. The van der Waals surface area contributed by atoms with Gasteiger partial charge in [-0.15, -0.1) is 0 Å². The zero-order valence-corrected chi connectivity index (χ0v) is 10.3. The lowest BCUT2D eigenvalue weighted by Gasteiger charge is -2.15. The van der Waals surface area contributed by atoms with Crippen LogP contribution in [0.15, 0.2) is 18.2 Å². The summed E-state index contributed by atoms with van der Waals surface area (Å²) in [4.78, 5) is 33.3. The molecule has 0 saturated heterocycles. The molecule has 0 atom stereocenters. The number of imide groups is 1. The lowest BCUT2D eigenvalue weighted by atomic mass is 9.91. The van der Waals surface area contributed by atoms with Crippen molar-refractivity contribution in [2.45, 2.75) is 19.3 Å². The fraction of sp³-hybridized carbons (Fsp3) is 0.308. The molecule has 0 bridgehead atoms. The molecule has 19 heavy (non-hydrogen) atoms. The number of carbonyl (C=O) groups is 3. The highest BCUT2D eigenvalue weighted by atomic mass is 16.5. The van der Waals surface area contributed by atoms with E-state index in [1.165, 1.54) is 0 Å². The van der Waals surface area contributed by atoms with Crippen molar-refractivity contribution in [2.24, 2.45) is 5.73 Å². The number of fused-ring (bicyclic) bond motifs is 1. The van der Waals surface area contributed by atoms with E-state index in [0.717, 1.165) is 24.0 Å². The Morgan fingerprint density at radius 3 is 2.84 bits per heavy atom. The van der Waals surface area contributed by atoms with Gasteiger partial charge in [-0.3, -0.25) is 14.9 Å². The Labute approximate surface area is 109 Å². The molecule has 0 saturated carbocycles. The number of rotatable bonds is 3. The molecule has 3 N–H and O–H groups in total. The summed E-state index contributed by atoms with van der Waals surface area (Å²) in [5, 5.41) is 1.90. The summed E-state index contributed by atoms with van der Waals surface area (Å²) in [6.45, 7) is -0.296. The summed E-state index contributed by atoms with van der Waals surface area (Å²) in [6, 6.07) is 4.19. The Balaban J connectivity index is 2.00. The molecule has 0 aliphatic heterocycles. The predicted octanol–water partition coefficient (Wildman–Crippen LogP) is 0.779. The number of hydrogen-bond donors (Lipinski definition) is 2. The second-order valence-electron chi connectivity index (χ2n) is 4.30. The highest BCUT2D eigenvalue weighted by Gasteiger charge is 2.17. The van der Waals surface area contributed by atoms with Crippen molar-refractivity contribution >= 4 is 17.7 Å². The van der Waals surface area contributed by atoms with Crippen LogP contribution >= 0.6 is 0 Å². The number of amides is 3. The van der Waals surface area contributed by atoms with Crippen molar-refractivity contribution in [1.29, 1.82) is 0 Å². The molecule has 6 nitrogen and oxygen atoms in total. The maximum Gasteiger partial charge on any atom is 0.318 e. The summed E-state index contributed by atoms with van der Waals surface area (Å²) in [5.41, 5.74) is 6.46. The molecular formula is C13H14N2O4. The lowest BCUT2D eigenvalue weighted by Crippen LogP contribution is -2.38. The monoisotopic (exact) mass is 262 g/mol. The van der Waals surface area contributed by atoms with Crippen LogP contribution < -0.4 is 15.8 Å². The summed E-state index contributed by atoms with van der Waals surface area (Å²) >= 11 is 0. The van der Waals surface area contributed by atoms with E-state index in [0.29, 0.717) is 12.2 Å². The molecule has 3 amide bonds. The third-order valence-electron chi connectivity index (χ3n) is 2.86. The van der Waals surface area contributed by atoms with Crippen molar-refractivity contribution in [3.05, 3.63) is 29.3 Å². The minimum atomic E-state index is -0.912. The number of ether oxygens (including phenoxy) is 1. The second-order valence-corrected chi connectivity index (χ2v) is 4.30. The molecule has 0 fully saturated rings. The van der Waals surface area contributed by atoms with Crippen molar-refractivity contribution in [2.75, 3.05) is 6.61 Å². The summed E-state index contributed by atoms with van der Waals surface area (Å²) in [7, 11) is 0. The normalized spacial score (nSPS) is 13.6. The molecule has 0 radical (unpaired) electrons. The molecule has 1 aliphatic carbocycles. The number of Topliss-reactive ketones (excluding diaryl/α,β-unsaturated/α-hetero) is 1. The largest absolute Gasteiger partial charge is 0.484 e. The van der Waals surface area contributed by atoms with Gasteiger partial charge in [0.1, 0.15) is 5.75 Å². The first kappa shape index (κ1) is 13.1. The van der Waals surface area contributed by atoms with Gasteiger partial charge in [0.05, 0.1) is 0 Å². The molecule has 1 aromatic carbocycles. The Morgan fingerprint density at radius 1 is 1.32 bits per heavy atom. The fourth-order valence-electron chi connectivity index (χ4n) is 2.04. The van der Waals surface area contributed by atoms with E-state index < -0.39 is 11.9 Å². The average Bonchev–Trinajstić information content (AvgIpc) is 2.36. The van der Waals surface area contributed by atoms with E-state index in [1.54, 1.807) is 18.2 Å². The molecule has 0 heterocycles. The average molecular weight is 262 g/mol. The highest BCUT2D eigenvalue weighted by molar-refractivity contribution is 5.98. The topological polar surface area (TPSA) is 98.5 Å². The van der Waals surface area contributed by atoms with Crippen LogP contribution in [0, 0.1) is 0 Å². The van der Waals surface area contributed by atoms with Crippen molar-refractivity contribution in [1.82, 2.24) is 5.32 Å². The standard InChI is InChI=1S/C13H14N2O4/c14-13(18)15-12(17)7-19-9-4-5-10-8(6-9)2-1-3-11(10)16/h4-6H,1-3,7H2,(H3,14,15,17,18). The second kappa shape index (κ2) is 5.51. The van der Waals surface area contributed by atoms with Gasteiger partial charge >= 0.3 is 6.03 Å². The van der Waals surface area contributed by atoms with E-state index in [-0.39, 0.29) is 12.4 Å². The van der Waals surface area contributed by atoms with Crippen LogP contribution in [0.4, 0.5) is 4.79 Å². The quantitative estimate of drug-likeness (QED) is 0.840. The van der Waals surface area contributed by atoms with Crippen LogP contribution in [-0.4, -0.2) is 24.3 Å². The number of ketones is 1. The summed E-state index contributed by atoms with van der Waals surface area (Å²) in [6.07, 6.45) is 2.23. The number of primary amides is 1. The number of nitrogens with two attached hydrogens (primary N) is 1. The van der Waals surface area contributed by atoms with E-state index in [1.807, 2.05) is 5.32 Å². The third kappa shape index (κ3) is 3.31. The summed E-state index contributed by atoms with van der Waals surface area (Å²) < 4.78 is 5.24. The fourth-order valence-corrected chi connectivity index (χ4v) is 2.04. The van der Waals surface area contributed by atoms with Gasteiger partial charge in [0.25, 0.3) is 5.91 Å². The molecule has 0 spiro atoms. The number of benzene rings is 1. The van der Waals surface area contributed by atoms with E-state index in [2.05, 4.69) is 0 Å². The van der Waals surface area contributed by atoms with E-state index >= 15 is 0 Å². The minimum absolute atomic E-state index is 0.138. The maximum absolute atomic E-state index is 11.6. The Morgan fingerprint density at radius 2 is 2.11 bits per heavy atom. The Hall–Kier alpha value is -2.37. The lowest BCUT2D eigenvalue weighted by molar-refractivity contribution is -0.121. The van der Waals surface area contributed by atoms with Gasteiger partial charge in [0.2, 0.25) is 0 Å². The van der Waals surface area contributed by atoms with Gasteiger partial charge in [-0.25, -0.2) is 4.79 Å². The number of hydrogen-bond acceptors (Lipinski definition) is 4. The molecule has 0 aromatic heterocycles. The summed E-state index contributed by atoms with van der Waals surface area (Å²) in [5.74, 6) is 0.0219. The van der Waals surface area contributed by atoms with Crippen LogP contribution in [0.25, 0.3) is 0 Å². The predicted molar refractivity (Wildman–Crippen MR) is 66.9 cm³/mol. The molecule has 1 aromatic rings. The van der Waals surface area contributed by atoms with Gasteiger partial charge < -0.3 is 10.5 Å². The first-order valence-electron chi connectivity index (χ1n) is 5.94. The number of nitrogens with one attached hydrogen (secondary N) is 1. The van der Waals surface area contributed by atoms with Gasteiger partial charge in [-0.1, -0.05) is 0 Å². The Kier molecular flexibility index (Phi) is 3.79. The molecule has 1 aliphatic rings. The van der Waals surface area contributed by atoms with Crippen LogP contribution in [0.5, 0.6) is 5.75 Å². The van der Waals surface area contributed by atoms with Crippen molar-refractivity contribution in [3.63, 3.8) is 0 Å². The maximum atomic E-state index is 11.6. The van der Waals surface area contributed by atoms with E-state index in [9.17, 15) is 14.4 Å². The van der Waals surface area contributed by atoms with Crippen LogP contribution in [0.2, 0.25) is 0 Å². The zero-order chi connectivity index (χ0) is 13.8. The van der Waals surface area contributed by atoms with E-state index in [4.69, 9.17) is 10.5 Å². The molecule has 2 rings (SSSR count). The van der Waals surface area contributed by atoms with Crippen LogP contribution in [-0.2, 0) is 11.2 Å². The number of aryl methyl sites for hydroxylation is 1. The molecule has 0 unspecified atom stereocenters.